The average Bonchev–Trinajstić information content (AvgIpc) is 2.87. The molecule has 0 aliphatic heterocycles. The van der Waals surface area contributed by atoms with Crippen LogP contribution in [0.5, 0.6) is 0 Å². The van der Waals surface area contributed by atoms with Gasteiger partial charge in [0.15, 0.2) is 0 Å². The van der Waals surface area contributed by atoms with Crippen LogP contribution in [0.2, 0.25) is 0 Å². The number of rotatable bonds is 3. The quantitative estimate of drug-likeness (QED) is 0.809. The second kappa shape index (κ2) is 6.34. The van der Waals surface area contributed by atoms with Crippen molar-refractivity contribution >= 4 is 5.97 Å². The Kier molecular flexibility index (Phi) is 4.27. The number of carbonyl (C=O) groups excluding carboxylic acids is 1. The number of aromatic nitrogens is 2. The molecule has 0 amide bonds. The monoisotopic (exact) mass is 298 g/mol. The van der Waals surface area contributed by atoms with E-state index in [-0.39, 0.29) is 18.1 Å². The molecule has 2 aromatic rings. The van der Waals surface area contributed by atoms with Gasteiger partial charge in [-0.25, -0.2) is 4.79 Å². The topological polar surface area (TPSA) is 44.1 Å². The minimum atomic E-state index is -0.237. The van der Waals surface area contributed by atoms with Crippen molar-refractivity contribution in [2.24, 2.45) is 0 Å². The van der Waals surface area contributed by atoms with Crippen molar-refractivity contribution < 1.29 is 9.53 Å². The first-order valence-corrected chi connectivity index (χ1v) is 7.94. The molecule has 0 unspecified atom stereocenters. The highest BCUT2D eigenvalue weighted by Gasteiger charge is 2.31. The smallest absolute Gasteiger partial charge is 0.338 e. The molecule has 1 aromatic heterocycles. The lowest BCUT2D eigenvalue weighted by molar-refractivity contribution is 0.00168. The fourth-order valence-electron chi connectivity index (χ4n) is 3.26. The van der Waals surface area contributed by atoms with E-state index in [1.165, 1.54) is 0 Å². The Morgan fingerprint density at radius 1 is 1.18 bits per heavy atom. The maximum atomic E-state index is 12.3. The third-order valence-corrected chi connectivity index (χ3v) is 4.29. The highest BCUT2D eigenvalue weighted by atomic mass is 16.5. The molecule has 3 rings (SSSR count). The maximum Gasteiger partial charge on any atom is 0.338 e. The van der Waals surface area contributed by atoms with Crippen molar-refractivity contribution in [2.75, 3.05) is 0 Å². The van der Waals surface area contributed by atoms with E-state index in [0.29, 0.717) is 5.56 Å². The number of carbonyl (C=O) groups is 1. The minimum absolute atomic E-state index is 0.0977. The van der Waals surface area contributed by atoms with Crippen LogP contribution in [0.1, 0.15) is 53.5 Å². The fraction of sp³-hybridized carbons (Fsp3) is 0.444. The molecule has 1 fully saturated rings. The Bertz CT molecular complexity index is 648. The second-order valence-electron chi connectivity index (χ2n) is 6.03. The number of esters is 1. The summed E-state index contributed by atoms with van der Waals surface area (Å²) in [5.74, 6) is -0.237. The van der Waals surface area contributed by atoms with Crippen LogP contribution in [0.15, 0.2) is 36.4 Å². The summed E-state index contributed by atoms with van der Waals surface area (Å²) < 4.78 is 7.85. The van der Waals surface area contributed by atoms with Gasteiger partial charge in [0, 0.05) is 5.69 Å². The van der Waals surface area contributed by atoms with Gasteiger partial charge in [-0.1, -0.05) is 24.6 Å². The number of hydrogen-bond acceptors (Lipinski definition) is 3. The van der Waals surface area contributed by atoms with Gasteiger partial charge in [0.1, 0.15) is 6.10 Å². The largest absolute Gasteiger partial charge is 0.457 e. The van der Waals surface area contributed by atoms with Crippen molar-refractivity contribution in [3.8, 4) is 0 Å². The number of benzene rings is 1. The molecule has 0 radical (unpaired) electrons. The summed E-state index contributed by atoms with van der Waals surface area (Å²) in [4.78, 5) is 12.3. The fourth-order valence-corrected chi connectivity index (χ4v) is 3.26. The lowest BCUT2D eigenvalue weighted by Crippen LogP contribution is -2.33. The van der Waals surface area contributed by atoms with Crippen molar-refractivity contribution in [3.63, 3.8) is 0 Å². The normalized spacial score (nSPS) is 21.5. The molecule has 1 aliphatic rings. The Balaban J connectivity index is 1.78. The molecular weight excluding hydrogens is 276 g/mol. The SMILES string of the molecule is Cc1cc(C)n([C@H]2CCCC[C@@H]2OC(=O)c2ccccc2)n1. The Labute approximate surface area is 131 Å². The zero-order valence-electron chi connectivity index (χ0n) is 13.2. The van der Waals surface area contributed by atoms with Crippen LogP contribution >= 0.6 is 0 Å². The van der Waals surface area contributed by atoms with E-state index in [1.807, 2.05) is 29.8 Å². The van der Waals surface area contributed by atoms with Gasteiger partial charge < -0.3 is 4.74 Å². The molecule has 0 spiro atoms. The third-order valence-electron chi connectivity index (χ3n) is 4.29. The molecule has 4 heteroatoms. The molecule has 4 nitrogen and oxygen atoms in total. The molecule has 0 N–H and O–H groups in total. The predicted octanol–water partition coefficient (Wildman–Crippen LogP) is 3.84. The van der Waals surface area contributed by atoms with Crippen LogP contribution in [0, 0.1) is 13.8 Å². The first kappa shape index (κ1) is 14.8. The molecular formula is C18H22N2O2. The summed E-state index contributed by atoms with van der Waals surface area (Å²) >= 11 is 0. The maximum absolute atomic E-state index is 12.3. The zero-order chi connectivity index (χ0) is 15.5. The molecule has 0 saturated heterocycles. The molecule has 1 aromatic carbocycles. The first-order valence-electron chi connectivity index (χ1n) is 7.94. The van der Waals surface area contributed by atoms with Crippen LogP contribution in [0.3, 0.4) is 0 Å². The van der Waals surface area contributed by atoms with Gasteiger partial charge in [-0.05, 0) is 51.3 Å². The van der Waals surface area contributed by atoms with Crippen LogP contribution in [-0.4, -0.2) is 21.9 Å². The Morgan fingerprint density at radius 2 is 1.91 bits per heavy atom. The summed E-state index contributed by atoms with van der Waals surface area (Å²) in [5, 5.41) is 4.59. The highest BCUT2D eigenvalue weighted by molar-refractivity contribution is 5.89. The van der Waals surface area contributed by atoms with Crippen LogP contribution < -0.4 is 0 Å². The number of nitrogens with zero attached hydrogens (tertiary/aromatic N) is 2. The summed E-state index contributed by atoms with van der Waals surface area (Å²) in [6, 6.07) is 11.4. The van der Waals surface area contributed by atoms with E-state index in [1.54, 1.807) is 12.1 Å². The van der Waals surface area contributed by atoms with Gasteiger partial charge in [0.05, 0.1) is 17.3 Å². The summed E-state index contributed by atoms with van der Waals surface area (Å²) in [6.07, 6.45) is 4.07. The highest BCUT2D eigenvalue weighted by Crippen LogP contribution is 2.32. The van der Waals surface area contributed by atoms with Gasteiger partial charge in [-0.3, -0.25) is 4.68 Å². The van der Waals surface area contributed by atoms with Crippen molar-refractivity contribution in [1.82, 2.24) is 9.78 Å². The first-order chi connectivity index (χ1) is 10.6. The summed E-state index contributed by atoms with van der Waals surface area (Å²) in [6.45, 7) is 4.06. The van der Waals surface area contributed by atoms with E-state index < -0.39 is 0 Å². The van der Waals surface area contributed by atoms with Crippen molar-refractivity contribution in [3.05, 3.63) is 53.3 Å². The molecule has 116 valence electrons. The van der Waals surface area contributed by atoms with Crippen LogP contribution in [0.4, 0.5) is 0 Å². The van der Waals surface area contributed by atoms with Gasteiger partial charge in [-0.2, -0.15) is 5.10 Å². The summed E-state index contributed by atoms with van der Waals surface area (Å²) in [7, 11) is 0. The molecule has 1 heterocycles. The zero-order valence-corrected chi connectivity index (χ0v) is 13.2. The van der Waals surface area contributed by atoms with E-state index in [9.17, 15) is 4.79 Å². The van der Waals surface area contributed by atoms with E-state index in [2.05, 4.69) is 18.1 Å². The predicted molar refractivity (Wildman–Crippen MR) is 84.9 cm³/mol. The lowest BCUT2D eigenvalue weighted by Gasteiger charge is -2.32. The molecule has 1 saturated carbocycles. The van der Waals surface area contributed by atoms with Crippen LogP contribution in [-0.2, 0) is 4.74 Å². The van der Waals surface area contributed by atoms with Crippen molar-refractivity contribution in [2.45, 2.75) is 51.7 Å². The van der Waals surface area contributed by atoms with Gasteiger partial charge in [-0.15, -0.1) is 0 Å². The van der Waals surface area contributed by atoms with Gasteiger partial charge >= 0.3 is 5.97 Å². The third kappa shape index (κ3) is 3.06. The lowest BCUT2D eigenvalue weighted by atomic mass is 9.92. The molecule has 0 bridgehead atoms. The Hall–Kier alpha value is -2.10. The second-order valence-corrected chi connectivity index (χ2v) is 6.03. The standard InChI is InChI=1S/C18H22N2O2/c1-13-12-14(2)20(19-13)16-10-6-7-11-17(16)22-18(21)15-8-4-3-5-9-15/h3-5,8-9,12,16-17H,6-7,10-11H2,1-2H3/t16-,17-/m0/s1. The molecule has 22 heavy (non-hydrogen) atoms. The Morgan fingerprint density at radius 3 is 2.59 bits per heavy atom. The van der Waals surface area contributed by atoms with Gasteiger partial charge in [0.2, 0.25) is 0 Å². The number of aryl methyl sites for hydroxylation is 2. The molecule has 1 aliphatic carbocycles. The number of ether oxygens (including phenoxy) is 1. The molecule has 2 atom stereocenters. The van der Waals surface area contributed by atoms with E-state index in [4.69, 9.17) is 4.74 Å². The average molecular weight is 298 g/mol. The van der Waals surface area contributed by atoms with Gasteiger partial charge in [0.25, 0.3) is 0 Å². The number of hydrogen-bond donors (Lipinski definition) is 0. The van der Waals surface area contributed by atoms with E-state index >= 15 is 0 Å². The summed E-state index contributed by atoms with van der Waals surface area (Å²) in [5.41, 5.74) is 2.75. The van der Waals surface area contributed by atoms with Crippen LogP contribution in [0.25, 0.3) is 0 Å². The minimum Gasteiger partial charge on any atom is -0.457 e. The van der Waals surface area contributed by atoms with E-state index in [0.717, 1.165) is 37.1 Å². The van der Waals surface area contributed by atoms with Crippen molar-refractivity contribution in [1.29, 1.82) is 0 Å².